The second-order valence-electron chi connectivity index (χ2n) is 2.39. The van der Waals surface area contributed by atoms with Gasteiger partial charge in [0.25, 0.3) is 0 Å². The first kappa shape index (κ1) is 14.6. The maximum absolute atomic E-state index is 6.24. The molecule has 0 atom stereocenters. The average molecular weight is 247 g/mol. The monoisotopic (exact) mass is 246 g/mol. The van der Waals surface area contributed by atoms with Crippen LogP contribution in [-0.2, 0) is 18.1 Å². The fraction of sp³-hybridized carbons (Fsp3) is 1.00. The predicted octanol–water partition coefficient (Wildman–Crippen LogP) is 3.50. The van der Waals surface area contributed by atoms with Gasteiger partial charge in [-0.25, -0.2) is 0 Å². The van der Waals surface area contributed by atoms with Crippen molar-refractivity contribution < 1.29 is 18.1 Å². The van der Waals surface area contributed by atoms with E-state index >= 15 is 0 Å². The van der Waals surface area contributed by atoms with Crippen molar-refractivity contribution in [2.45, 2.75) is 27.7 Å². The van der Waals surface area contributed by atoms with E-state index in [-0.39, 0.29) is 0 Å². The van der Waals surface area contributed by atoms with E-state index in [1.807, 2.05) is 27.7 Å². The summed E-state index contributed by atoms with van der Waals surface area (Å²) in [6.07, 6.45) is 0. The van der Waals surface area contributed by atoms with Crippen LogP contribution in [0.15, 0.2) is 0 Å². The molecule has 0 aliphatic carbocycles. The van der Waals surface area contributed by atoms with Crippen LogP contribution in [0.4, 0.5) is 0 Å². The van der Waals surface area contributed by atoms with E-state index in [0.717, 1.165) is 0 Å². The molecule has 0 bridgehead atoms. The molecular weight excluding hydrogens is 227 g/mol. The molecule has 0 saturated heterocycles. The summed E-state index contributed by atoms with van der Waals surface area (Å²) in [5.41, 5.74) is 0. The van der Waals surface area contributed by atoms with Crippen LogP contribution in [0.25, 0.3) is 0 Å². The van der Waals surface area contributed by atoms with Crippen LogP contribution in [0.1, 0.15) is 27.7 Å². The van der Waals surface area contributed by atoms with Crippen molar-refractivity contribution in [2.75, 3.05) is 26.4 Å². The molecule has 0 aliphatic rings. The predicted molar refractivity (Wildman–Crippen MR) is 59.3 cm³/mol. The van der Waals surface area contributed by atoms with Crippen molar-refractivity contribution in [1.82, 2.24) is 0 Å². The van der Waals surface area contributed by atoms with E-state index in [9.17, 15) is 0 Å². The van der Waals surface area contributed by atoms with Gasteiger partial charge >= 0.3 is 90.3 Å². The molecule has 14 heavy (non-hydrogen) atoms. The summed E-state index contributed by atoms with van der Waals surface area (Å²) in [6, 6.07) is 0. The normalized spacial score (nSPS) is 15.1. The van der Waals surface area contributed by atoms with Gasteiger partial charge in [-0.1, -0.05) is 0 Å². The molecule has 0 amide bonds. The number of hydrogen-bond acceptors (Lipinski definition) is 4. The third-order valence-electron chi connectivity index (χ3n) is 1.34. The summed E-state index contributed by atoms with van der Waals surface area (Å²) in [4.78, 5) is 0. The fourth-order valence-electron chi connectivity index (χ4n) is 1.05. The van der Waals surface area contributed by atoms with Gasteiger partial charge < -0.3 is 0 Å². The SMILES string of the molecule is CCOP(Cl)(OCC)(OCC)OCC. The molecule has 0 aromatic heterocycles. The van der Waals surface area contributed by atoms with Crippen LogP contribution in [0.5, 0.6) is 0 Å². The molecule has 0 saturated carbocycles. The quantitative estimate of drug-likeness (QED) is 0.614. The summed E-state index contributed by atoms with van der Waals surface area (Å²) in [5.74, 6) is 0. The molecule has 0 aromatic rings. The molecule has 0 heterocycles. The van der Waals surface area contributed by atoms with E-state index in [4.69, 9.17) is 29.3 Å². The number of hydrogen-bond donors (Lipinski definition) is 0. The molecule has 6 heteroatoms. The third kappa shape index (κ3) is 3.97. The first-order valence-electron chi connectivity index (χ1n) is 4.88. The van der Waals surface area contributed by atoms with Crippen LogP contribution < -0.4 is 0 Å². The Morgan fingerprint density at radius 3 is 1.07 bits per heavy atom. The fourth-order valence-corrected chi connectivity index (χ4v) is 4.32. The first-order valence-corrected chi connectivity index (χ1v) is 7.70. The van der Waals surface area contributed by atoms with Gasteiger partial charge in [0.05, 0.1) is 0 Å². The van der Waals surface area contributed by atoms with Crippen molar-refractivity contribution in [3.8, 4) is 0 Å². The molecule has 0 rings (SSSR count). The van der Waals surface area contributed by atoms with Crippen LogP contribution in [0, 0.1) is 0 Å². The standard InChI is InChI=1S/C8H20ClO4P/c1-5-10-14(9,11-6-2,12-7-3)13-8-4/h5-8H2,1-4H3. The Morgan fingerprint density at radius 2 is 0.929 bits per heavy atom. The summed E-state index contributed by atoms with van der Waals surface area (Å²) >= 11 is 6.24. The Morgan fingerprint density at radius 1 is 0.714 bits per heavy atom. The second-order valence-corrected chi connectivity index (χ2v) is 6.53. The van der Waals surface area contributed by atoms with Crippen molar-refractivity contribution in [2.24, 2.45) is 0 Å². The van der Waals surface area contributed by atoms with Gasteiger partial charge in [0.15, 0.2) is 0 Å². The van der Waals surface area contributed by atoms with E-state index in [0.29, 0.717) is 26.4 Å². The van der Waals surface area contributed by atoms with Gasteiger partial charge in [-0.15, -0.1) is 0 Å². The minimum atomic E-state index is -3.80. The van der Waals surface area contributed by atoms with Gasteiger partial charge in [-0.3, -0.25) is 0 Å². The molecule has 4 nitrogen and oxygen atoms in total. The van der Waals surface area contributed by atoms with Crippen LogP contribution >= 0.6 is 18.1 Å². The van der Waals surface area contributed by atoms with E-state index in [2.05, 4.69) is 0 Å². The second kappa shape index (κ2) is 6.21. The van der Waals surface area contributed by atoms with E-state index in [1.165, 1.54) is 0 Å². The van der Waals surface area contributed by atoms with E-state index < -0.39 is 6.86 Å². The zero-order valence-electron chi connectivity index (χ0n) is 9.29. The number of halogens is 1. The molecule has 0 spiro atoms. The Bertz CT molecular complexity index is 132. The van der Waals surface area contributed by atoms with Gasteiger partial charge in [0.1, 0.15) is 0 Å². The van der Waals surface area contributed by atoms with Crippen molar-refractivity contribution >= 4 is 18.1 Å². The maximum atomic E-state index is 6.24. The summed E-state index contributed by atoms with van der Waals surface area (Å²) in [5, 5.41) is 0. The van der Waals surface area contributed by atoms with Crippen LogP contribution in [-0.4, -0.2) is 26.4 Å². The van der Waals surface area contributed by atoms with Crippen molar-refractivity contribution in [3.63, 3.8) is 0 Å². The molecule has 0 unspecified atom stereocenters. The first-order chi connectivity index (χ1) is 6.54. The van der Waals surface area contributed by atoms with Gasteiger partial charge in [0, 0.05) is 0 Å². The van der Waals surface area contributed by atoms with Gasteiger partial charge in [-0.2, -0.15) is 0 Å². The Kier molecular flexibility index (Phi) is 6.46. The molecular formula is C8H20ClO4P. The molecule has 0 N–H and O–H groups in total. The topological polar surface area (TPSA) is 36.9 Å². The van der Waals surface area contributed by atoms with Crippen LogP contribution in [0.2, 0.25) is 0 Å². The Balaban J connectivity index is 4.69. The van der Waals surface area contributed by atoms with Gasteiger partial charge in [-0.05, 0) is 0 Å². The molecule has 88 valence electrons. The number of rotatable bonds is 8. The zero-order chi connectivity index (χ0) is 11.1. The van der Waals surface area contributed by atoms with Crippen molar-refractivity contribution in [1.29, 1.82) is 0 Å². The zero-order valence-corrected chi connectivity index (χ0v) is 10.9. The molecule has 0 fully saturated rings. The minimum absolute atomic E-state index is 0.390. The molecule has 0 aromatic carbocycles. The molecule has 0 aliphatic heterocycles. The summed E-state index contributed by atoms with van der Waals surface area (Å²) in [7, 11) is 0. The van der Waals surface area contributed by atoms with Crippen molar-refractivity contribution in [3.05, 3.63) is 0 Å². The summed E-state index contributed by atoms with van der Waals surface area (Å²) in [6.45, 7) is 5.04. The van der Waals surface area contributed by atoms with Gasteiger partial charge in [0.2, 0.25) is 0 Å². The Labute approximate surface area is 90.9 Å². The molecule has 0 radical (unpaired) electrons. The van der Waals surface area contributed by atoms with E-state index in [1.54, 1.807) is 0 Å². The third-order valence-corrected chi connectivity index (χ3v) is 5.20. The van der Waals surface area contributed by atoms with Crippen LogP contribution in [0.3, 0.4) is 0 Å². The average Bonchev–Trinajstić information content (AvgIpc) is 2.05. The Hall–Kier alpha value is 0.560. The summed E-state index contributed by atoms with van der Waals surface area (Å²) < 4.78 is 21.5.